The Balaban J connectivity index is 1.67. The van der Waals surface area contributed by atoms with Crippen LogP contribution in [0.5, 0.6) is 0 Å². The van der Waals surface area contributed by atoms with Crippen LogP contribution >= 0.6 is 0 Å². The van der Waals surface area contributed by atoms with Gasteiger partial charge in [0.15, 0.2) is 0 Å². The fourth-order valence-electron chi connectivity index (χ4n) is 3.92. The Morgan fingerprint density at radius 1 is 1.50 bits per heavy atom. The van der Waals surface area contributed by atoms with Crippen LogP contribution in [0.3, 0.4) is 0 Å². The van der Waals surface area contributed by atoms with Gasteiger partial charge in [-0.25, -0.2) is 0 Å². The van der Waals surface area contributed by atoms with Gasteiger partial charge in [-0.05, 0) is 26.7 Å². The quantitative estimate of drug-likeness (QED) is 0.909. The van der Waals surface area contributed by atoms with E-state index >= 15 is 0 Å². The first-order chi connectivity index (χ1) is 10.5. The Hall–Kier alpha value is -1.40. The summed E-state index contributed by atoms with van der Waals surface area (Å²) >= 11 is 0. The SMILES string of the molecule is CCO[C@@H]1C[C@H](O)C12CCN(C(=O)c1cn(C)nc1C)CC2. The summed E-state index contributed by atoms with van der Waals surface area (Å²) in [6.07, 6.45) is 3.98. The molecular formula is C16H25N3O3. The second-order valence-electron chi connectivity index (χ2n) is 6.52. The lowest BCUT2D eigenvalue weighted by Crippen LogP contribution is -2.62. The summed E-state index contributed by atoms with van der Waals surface area (Å²) < 4.78 is 7.44. The normalized spacial score (nSPS) is 27.0. The van der Waals surface area contributed by atoms with Gasteiger partial charge in [0.2, 0.25) is 0 Å². The number of carbonyl (C=O) groups excluding carboxylic acids is 1. The Labute approximate surface area is 131 Å². The first-order valence-electron chi connectivity index (χ1n) is 8.07. The molecule has 0 bridgehead atoms. The summed E-state index contributed by atoms with van der Waals surface area (Å²) in [5.74, 6) is 0.0437. The lowest BCUT2D eigenvalue weighted by Gasteiger charge is -2.56. The third-order valence-electron chi connectivity index (χ3n) is 5.34. The van der Waals surface area contributed by atoms with E-state index < -0.39 is 0 Å². The van der Waals surface area contributed by atoms with Crippen molar-refractivity contribution in [2.75, 3.05) is 19.7 Å². The number of hydrogen-bond donors (Lipinski definition) is 1. The number of amides is 1. The number of piperidine rings is 1. The highest BCUT2D eigenvalue weighted by molar-refractivity contribution is 5.95. The minimum absolute atomic E-state index is 0.0437. The zero-order valence-corrected chi connectivity index (χ0v) is 13.6. The van der Waals surface area contributed by atoms with E-state index in [0.29, 0.717) is 25.3 Å². The van der Waals surface area contributed by atoms with E-state index in [9.17, 15) is 9.90 Å². The van der Waals surface area contributed by atoms with Crippen LogP contribution in [0.2, 0.25) is 0 Å². The molecule has 1 aliphatic carbocycles. The summed E-state index contributed by atoms with van der Waals surface area (Å²) in [6, 6.07) is 0. The number of aliphatic hydroxyl groups is 1. The number of ether oxygens (including phenoxy) is 1. The average molecular weight is 307 g/mol. The molecule has 3 rings (SSSR count). The van der Waals surface area contributed by atoms with E-state index in [1.54, 1.807) is 10.9 Å². The molecule has 0 unspecified atom stereocenters. The molecule has 2 fully saturated rings. The number of aryl methyl sites for hydroxylation is 2. The Morgan fingerprint density at radius 3 is 2.68 bits per heavy atom. The topological polar surface area (TPSA) is 67.6 Å². The molecule has 1 saturated heterocycles. The Bertz CT molecular complexity index is 559. The third-order valence-corrected chi connectivity index (χ3v) is 5.34. The zero-order chi connectivity index (χ0) is 15.9. The van der Waals surface area contributed by atoms with Crippen molar-refractivity contribution in [3.8, 4) is 0 Å². The molecule has 1 aliphatic heterocycles. The van der Waals surface area contributed by atoms with Crippen molar-refractivity contribution in [3.63, 3.8) is 0 Å². The van der Waals surface area contributed by atoms with Crippen molar-refractivity contribution in [2.24, 2.45) is 12.5 Å². The van der Waals surface area contributed by atoms with Crippen LogP contribution in [0, 0.1) is 12.3 Å². The molecule has 1 saturated carbocycles. The van der Waals surface area contributed by atoms with Crippen molar-refractivity contribution in [3.05, 3.63) is 17.5 Å². The van der Waals surface area contributed by atoms with Crippen LogP contribution in [-0.4, -0.2) is 57.6 Å². The van der Waals surface area contributed by atoms with Gasteiger partial charge in [0.1, 0.15) is 0 Å². The smallest absolute Gasteiger partial charge is 0.257 e. The van der Waals surface area contributed by atoms with Crippen LogP contribution in [0.15, 0.2) is 6.20 Å². The number of aliphatic hydroxyl groups excluding tert-OH is 1. The highest BCUT2D eigenvalue weighted by atomic mass is 16.5. The molecule has 122 valence electrons. The summed E-state index contributed by atoms with van der Waals surface area (Å²) in [7, 11) is 1.83. The van der Waals surface area contributed by atoms with Gasteiger partial charge in [-0.1, -0.05) is 0 Å². The molecule has 1 aromatic rings. The number of nitrogens with zero attached hydrogens (tertiary/aromatic N) is 3. The van der Waals surface area contributed by atoms with E-state index in [2.05, 4.69) is 5.10 Å². The predicted octanol–water partition coefficient (Wildman–Crippen LogP) is 1.12. The first-order valence-corrected chi connectivity index (χ1v) is 8.07. The van der Waals surface area contributed by atoms with E-state index in [1.165, 1.54) is 0 Å². The van der Waals surface area contributed by atoms with Gasteiger partial charge >= 0.3 is 0 Å². The van der Waals surface area contributed by atoms with Crippen molar-refractivity contribution in [1.82, 2.24) is 14.7 Å². The van der Waals surface area contributed by atoms with Gasteiger partial charge < -0.3 is 14.7 Å². The molecule has 1 N–H and O–H groups in total. The van der Waals surface area contributed by atoms with Gasteiger partial charge in [0.05, 0.1) is 23.5 Å². The molecule has 1 aromatic heterocycles. The predicted molar refractivity (Wildman–Crippen MR) is 81.6 cm³/mol. The zero-order valence-electron chi connectivity index (χ0n) is 13.6. The van der Waals surface area contributed by atoms with Crippen molar-refractivity contribution >= 4 is 5.91 Å². The number of rotatable bonds is 3. The summed E-state index contributed by atoms with van der Waals surface area (Å²) in [6.45, 7) is 5.87. The molecule has 2 atom stereocenters. The minimum Gasteiger partial charge on any atom is -0.392 e. The van der Waals surface area contributed by atoms with Crippen LogP contribution < -0.4 is 0 Å². The lowest BCUT2D eigenvalue weighted by atomic mass is 9.58. The standard InChI is InChI=1S/C16H25N3O3/c1-4-22-14-9-13(20)16(14)5-7-19(8-6-16)15(21)12-10-18(3)17-11(12)2/h10,13-14,20H,4-9H2,1-3H3/t13-,14+/m0/s1. The van der Waals surface area contributed by atoms with Crippen LogP contribution in [0.4, 0.5) is 0 Å². The minimum atomic E-state index is -0.290. The van der Waals surface area contributed by atoms with E-state index in [1.807, 2.05) is 25.8 Å². The molecule has 1 spiro atoms. The van der Waals surface area contributed by atoms with Gasteiger partial charge in [0, 0.05) is 44.8 Å². The lowest BCUT2D eigenvalue weighted by molar-refractivity contribution is -0.207. The maximum Gasteiger partial charge on any atom is 0.257 e. The van der Waals surface area contributed by atoms with Gasteiger partial charge in [-0.3, -0.25) is 9.48 Å². The van der Waals surface area contributed by atoms with Gasteiger partial charge in [0.25, 0.3) is 5.91 Å². The molecule has 22 heavy (non-hydrogen) atoms. The van der Waals surface area contributed by atoms with Crippen molar-refractivity contribution in [1.29, 1.82) is 0 Å². The number of aromatic nitrogens is 2. The van der Waals surface area contributed by atoms with Gasteiger partial charge in [-0.15, -0.1) is 0 Å². The number of likely N-dealkylation sites (tertiary alicyclic amines) is 1. The van der Waals surface area contributed by atoms with Crippen molar-refractivity contribution in [2.45, 2.75) is 45.3 Å². The fourth-order valence-corrected chi connectivity index (χ4v) is 3.92. The highest BCUT2D eigenvalue weighted by Gasteiger charge is 2.56. The van der Waals surface area contributed by atoms with E-state index in [-0.39, 0.29) is 23.5 Å². The number of carbonyl (C=O) groups is 1. The summed E-state index contributed by atoms with van der Waals surface area (Å²) in [5, 5.41) is 14.5. The first kappa shape index (κ1) is 15.5. The maximum atomic E-state index is 12.6. The molecule has 2 aliphatic rings. The molecule has 0 radical (unpaired) electrons. The molecule has 6 heteroatoms. The fraction of sp³-hybridized carbons (Fsp3) is 0.750. The van der Waals surface area contributed by atoms with Crippen LogP contribution in [-0.2, 0) is 11.8 Å². The molecule has 0 aromatic carbocycles. The van der Waals surface area contributed by atoms with Crippen molar-refractivity contribution < 1.29 is 14.6 Å². The number of hydrogen-bond acceptors (Lipinski definition) is 4. The molecule has 2 heterocycles. The second kappa shape index (κ2) is 5.66. The van der Waals surface area contributed by atoms with E-state index in [0.717, 1.165) is 25.0 Å². The van der Waals surface area contributed by atoms with Crippen LogP contribution in [0.25, 0.3) is 0 Å². The highest BCUT2D eigenvalue weighted by Crippen LogP contribution is 2.51. The summed E-state index contributed by atoms with van der Waals surface area (Å²) in [4.78, 5) is 14.5. The average Bonchev–Trinajstić information content (AvgIpc) is 2.85. The van der Waals surface area contributed by atoms with Gasteiger partial charge in [-0.2, -0.15) is 5.10 Å². The molecule has 6 nitrogen and oxygen atoms in total. The second-order valence-corrected chi connectivity index (χ2v) is 6.52. The maximum absolute atomic E-state index is 12.6. The summed E-state index contributed by atoms with van der Waals surface area (Å²) in [5.41, 5.74) is 1.30. The molecule has 1 amide bonds. The Morgan fingerprint density at radius 2 is 2.18 bits per heavy atom. The van der Waals surface area contributed by atoms with E-state index in [4.69, 9.17) is 4.74 Å². The third kappa shape index (κ3) is 2.34. The monoisotopic (exact) mass is 307 g/mol. The van der Waals surface area contributed by atoms with Crippen LogP contribution in [0.1, 0.15) is 42.2 Å². The largest absolute Gasteiger partial charge is 0.392 e. The Kier molecular flexibility index (Phi) is 3.99. The molecular weight excluding hydrogens is 282 g/mol.